The summed E-state index contributed by atoms with van der Waals surface area (Å²) in [4.78, 5) is 16.7. The van der Waals surface area contributed by atoms with Crippen LogP contribution in [0.1, 0.15) is 27.2 Å². The molecule has 0 aliphatic rings. The molecule has 0 atom stereocenters. The second-order valence-corrected chi connectivity index (χ2v) is 6.17. The van der Waals surface area contributed by atoms with E-state index in [4.69, 9.17) is 0 Å². The molecular formula is C17H10F8N4O2. The SMILES string of the molecule is Cc1ccccc1C(=O)N(c1cocn1)c1n[nH]c(C(F)(F)C(F)(F)F)c1C(F)(F)F. The van der Waals surface area contributed by atoms with Gasteiger partial charge < -0.3 is 4.42 Å². The number of aromatic amines is 1. The zero-order chi connectivity index (χ0) is 23.2. The Kier molecular flexibility index (Phi) is 5.28. The first kappa shape index (κ1) is 22.2. The van der Waals surface area contributed by atoms with Crippen LogP contribution in [0, 0.1) is 6.92 Å². The van der Waals surface area contributed by atoms with E-state index in [9.17, 15) is 39.9 Å². The molecule has 0 saturated carbocycles. The minimum absolute atomic E-state index is 0.140. The fourth-order valence-corrected chi connectivity index (χ4v) is 2.69. The average molecular weight is 454 g/mol. The van der Waals surface area contributed by atoms with Crippen molar-refractivity contribution in [2.45, 2.75) is 25.2 Å². The number of hydrogen-bond acceptors (Lipinski definition) is 4. The molecule has 0 radical (unpaired) electrons. The number of nitrogens with one attached hydrogen (secondary N) is 1. The van der Waals surface area contributed by atoms with E-state index in [1.54, 1.807) is 0 Å². The van der Waals surface area contributed by atoms with Gasteiger partial charge in [-0.25, -0.2) is 4.90 Å². The molecular weight excluding hydrogens is 444 g/mol. The fourth-order valence-electron chi connectivity index (χ4n) is 2.69. The topological polar surface area (TPSA) is 75.0 Å². The van der Waals surface area contributed by atoms with E-state index in [1.807, 2.05) is 0 Å². The van der Waals surface area contributed by atoms with Gasteiger partial charge >= 0.3 is 18.3 Å². The third-order valence-electron chi connectivity index (χ3n) is 4.14. The van der Waals surface area contributed by atoms with Gasteiger partial charge in [0.2, 0.25) is 0 Å². The van der Waals surface area contributed by atoms with E-state index >= 15 is 0 Å². The van der Waals surface area contributed by atoms with Crippen molar-refractivity contribution in [3.63, 3.8) is 0 Å². The summed E-state index contributed by atoms with van der Waals surface area (Å²) in [6.45, 7) is 1.44. The van der Waals surface area contributed by atoms with Crippen molar-refractivity contribution >= 4 is 17.5 Å². The third kappa shape index (κ3) is 3.84. The number of amides is 1. The highest BCUT2D eigenvalue weighted by molar-refractivity contribution is 6.11. The van der Waals surface area contributed by atoms with Gasteiger partial charge in [0, 0.05) is 5.56 Å². The maximum absolute atomic E-state index is 13.8. The third-order valence-corrected chi connectivity index (χ3v) is 4.14. The Morgan fingerprint density at radius 1 is 1.06 bits per heavy atom. The molecule has 31 heavy (non-hydrogen) atoms. The normalized spacial score (nSPS) is 12.8. The van der Waals surface area contributed by atoms with Crippen LogP contribution < -0.4 is 4.90 Å². The lowest BCUT2D eigenvalue weighted by Crippen LogP contribution is -2.36. The van der Waals surface area contributed by atoms with Crippen LogP contribution in [0.3, 0.4) is 0 Å². The lowest BCUT2D eigenvalue weighted by molar-refractivity contribution is -0.292. The number of aryl methyl sites for hydroxylation is 1. The van der Waals surface area contributed by atoms with Gasteiger partial charge in [0.15, 0.2) is 18.0 Å². The van der Waals surface area contributed by atoms with Crippen LogP contribution in [0.2, 0.25) is 0 Å². The second-order valence-electron chi connectivity index (χ2n) is 6.17. The number of alkyl halides is 8. The summed E-state index contributed by atoms with van der Waals surface area (Å²) in [7, 11) is 0. The Labute approximate surface area is 167 Å². The molecule has 3 aromatic rings. The van der Waals surface area contributed by atoms with Crippen molar-refractivity contribution in [2.24, 2.45) is 0 Å². The molecule has 1 aromatic carbocycles. The minimum atomic E-state index is -6.37. The van der Waals surface area contributed by atoms with Crippen LogP contribution >= 0.6 is 0 Å². The summed E-state index contributed by atoms with van der Waals surface area (Å²) in [6.07, 6.45) is -10.7. The first-order valence-electron chi connectivity index (χ1n) is 8.15. The van der Waals surface area contributed by atoms with Crippen LogP contribution in [0.25, 0.3) is 0 Å². The van der Waals surface area contributed by atoms with E-state index in [-0.39, 0.29) is 16.0 Å². The molecule has 1 N–H and O–H groups in total. The smallest absolute Gasteiger partial charge is 0.449 e. The van der Waals surface area contributed by atoms with Crippen LogP contribution in [0.15, 0.2) is 41.3 Å². The largest absolute Gasteiger partial charge is 0.459 e. The molecule has 14 heteroatoms. The Balaban J connectivity index is 2.29. The van der Waals surface area contributed by atoms with Gasteiger partial charge in [0.25, 0.3) is 5.91 Å². The number of hydrogen-bond donors (Lipinski definition) is 1. The molecule has 0 aliphatic heterocycles. The molecule has 0 bridgehead atoms. The second kappa shape index (κ2) is 7.35. The van der Waals surface area contributed by atoms with E-state index < -0.39 is 47.1 Å². The molecule has 1 amide bonds. The number of halogens is 8. The fraction of sp³-hybridized carbons (Fsp3) is 0.235. The summed E-state index contributed by atoms with van der Waals surface area (Å²) in [5.41, 5.74) is -4.93. The number of anilines is 2. The van der Waals surface area contributed by atoms with Gasteiger partial charge in [-0.2, -0.15) is 45.2 Å². The first-order chi connectivity index (χ1) is 14.3. The number of H-pyrrole nitrogens is 1. The molecule has 0 fully saturated rings. The van der Waals surface area contributed by atoms with Crippen molar-refractivity contribution in [1.29, 1.82) is 0 Å². The highest BCUT2D eigenvalue weighted by atomic mass is 19.4. The van der Waals surface area contributed by atoms with Gasteiger partial charge in [0.1, 0.15) is 17.5 Å². The summed E-state index contributed by atoms with van der Waals surface area (Å²) >= 11 is 0. The van der Waals surface area contributed by atoms with Gasteiger partial charge in [-0.3, -0.25) is 9.89 Å². The van der Waals surface area contributed by atoms with Crippen LogP contribution in [0.5, 0.6) is 0 Å². The number of oxazole rings is 1. The minimum Gasteiger partial charge on any atom is -0.449 e. The summed E-state index contributed by atoms with van der Waals surface area (Å²) in [5, 5.41) is 4.09. The molecule has 0 unspecified atom stereocenters. The Bertz CT molecular complexity index is 1090. The lowest BCUT2D eigenvalue weighted by Gasteiger charge is -2.23. The number of nitrogens with zero attached hydrogens (tertiary/aromatic N) is 3. The van der Waals surface area contributed by atoms with Crippen LogP contribution in [-0.4, -0.2) is 27.3 Å². The van der Waals surface area contributed by atoms with Gasteiger partial charge in [0.05, 0.1) is 0 Å². The van der Waals surface area contributed by atoms with Crippen LogP contribution in [-0.2, 0) is 12.1 Å². The average Bonchev–Trinajstić information content (AvgIpc) is 3.31. The molecule has 6 nitrogen and oxygen atoms in total. The number of rotatable bonds is 4. The quantitative estimate of drug-likeness (QED) is 0.539. The van der Waals surface area contributed by atoms with E-state index in [1.165, 1.54) is 31.2 Å². The summed E-state index contributed by atoms with van der Waals surface area (Å²) < 4.78 is 112. The maximum atomic E-state index is 13.8. The number of benzene rings is 1. The molecule has 2 heterocycles. The van der Waals surface area contributed by atoms with Gasteiger partial charge in [-0.1, -0.05) is 18.2 Å². The highest BCUT2D eigenvalue weighted by Crippen LogP contribution is 2.50. The number of carbonyl (C=O) groups is 1. The molecule has 0 saturated heterocycles. The van der Waals surface area contributed by atoms with Crippen molar-refractivity contribution < 1.29 is 44.3 Å². The molecule has 2 aromatic heterocycles. The molecule has 166 valence electrons. The van der Waals surface area contributed by atoms with E-state index in [2.05, 4.69) is 14.5 Å². The van der Waals surface area contributed by atoms with E-state index in [0.717, 1.165) is 11.5 Å². The maximum Gasteiger partial charge on any atom is 0.459 e. The number of aromatic nitrogens is 3. The van der Waals surface area contributed by atoms with Gasteiger partial charge in [-0.05, 0) is 18.6 Å². The zero-order valence-electron chi connectivity index (χ0n) is 15.1. The van der Waals surface area contributed by atoms with Crippen LogP contribution in [0.4, 0.5) is 46.8 Å². The standard InChI is InChI=1S/C17H10F8N4O2/c1-8-4-2-3-5-9(8)14(30)29(10-6-31-7-26-10)13-11(16(20,21)22)12(27-28-13)15(18,19)17(23,24)25/h2-7H,1H3,(H,27,28). The molecule has 3 rings (SSSR count). The summed E-state index contributed by atoms with van der Waals surface area (Å²) in [5.74, 6) is -9.32. The number of carbonyl (C=O) groups excluding carboxylic acids is 1. The summed E-state index contributed by atoms with van der Waals surface area (Å²) in [6, 6.07) is 5.55. The van der Waals surface area contributed by atoms with Crippen molar-refractivity contribution in [3.05, 3.63) is 59.3 Å². The van der Waals surface area contributed by atoms with Gasteiger partial charge in [-0.15, -0.1) is 0 Å². The molecule has 0 aliphatic carbocycles. The predicted octanol–water partition coefficient (Wildman–Crippen LogP) is 5.36. The molecule has 0 spiro atoms. The Hall–Kier alpha value is -3.45. The Morgan fingerprint density at radius 3 is 2.23 bits per heavy atom. The highest BCUT2D eigenvalue weighted by Gasteiger charge is 2.63. The zero-order valence-corrected chi connectivity index (χ0v) is 15.1. The van der Waals surface area contributed by atoms with Crippen molar-refractivity contribution in [2.75, 3.05) is 4.90 Å². The predicted molar refractivity (Wildman–Crippen MR) is 87.7 cm³/mol. The lowest BCUT2D eigenvalue weighted by atomic mass is 10.1. The van der Waals surface area contributed by atoms with Crippen molar-refractivity contribution in [1.82, 2.24) is 15.2 Å². The van der Waals surface area contributed by atoms with E-state index in [0.29, 0.717) is 6.26 Å². The Morgan fingerprint density at radius 2 is 1.71 bits per heavy atom. The first-order valence-corrected chi connectivity index (χ1v) is 8.15. The monoisotopic (exact) mass is 454 g/mol. The van der Waals surface area contributed by atoms with Crippen molar-refractivity contribution in [3.8, 4) is 0 Å².